The Morgan fingerprint density at radius 2 is 1.46 bits per heavy atom. The summed E-state index contributed by atoms with van der Waals surface area (Å²) in [7, 11) is 0. The second-order valence-electron chi connectivity index (χ2n) is 6.63. The van der Waals surface area contributed by atoms with E-state index in [1.807, 2.05) is 12.2 Å². The van der Waals surface area contributed by atoms with Crippen molar-refractivity contribution in [1.29, 1.82) is 0 Å². The zero-order valence-electron chi connectivity index (χ0n) is 15.4. The number of phenols is 1. The molecule has 0 spiro atoms. The first-order valence-corrected chi connectivity index (χ1v) is 7.93. The molecule has 2 rings (SSSR count). The molecule has 1 radical (unpaired) electrons. The maximum atomic E-state index is 10.2. The smallest absolute Gasteiger partial charge is 1.00 e. The van der Waals surface area contributed by atoms with Crippen molar-refractivity contribution in [3.05, 3.63) is 53.1 Å². The van der Waals surface area contributed by atoms with Crippen molar-refractivity contribution in [2.45, 2.75) is 53.9 Å². The van der Waals surface area contributed by atoms with Crippen LogP contribution in [0, 0.1) is 24.8 Å². The summed E-state index contributed by atoms with van der Waals surface area (Å²) in [6, 6.07) is 4.22. The minimum absolute atomic E-state index is 0. The van der Waals surface area contributed by atoms with Crippen LogP contribution < -0.4 is 24.8 Å². The van der Waals surface area contributed by atoms with Crippen LogP contribution in [0.3, 0.4) is 0 Å². The first-order valence-electron chi connectivity index (χ1n) is 7.93. The second-order valence-corrected chi connectivity index (χ2v) is 6.63. The monoisotopic (exact) mass is 403 g/mol. The number of benzene rings is 1. The van der Waals surface area contributed by atoms with Gasteiger partial charge in [0.1, 0.15) is 5.75 Å². The molecule has 0 amide bonds. The molecule has 0 saturated carbocycles. The topological polar surface area (TPSA) is 20.2 Å². The predicted molar refractivity (Wildman–Crippen MR) is 91.5 cm³/mol. The maximum absolute atomic E-state index is 10.2. The summed E-state index contributed by atoms with van der Waals surface area (Å²) < 4.78 is 0. The van der Waals surface area contributed by atoms with Gasteiger partial charge in [0, 0.05) is 0 Å². The van der Waals surface area contributed by atoms with Gasteiger partial charge in [0.25, 0.3) is 0 Å². The van der Waals surface area contributed by atoms with Gasteiger partial charge in [0.2, 0.25) is 0 Å². The molecule has 0 aliphatic heterocycles. The SMILES string of the molecule is Cc1cc(CC(C)C)c(O)c(CC(C)C)c1.[C-]1=CC=CC1.[Cl-].[Cl-].[Ti+3]. The number of rotatable bonds is 4. The van der Waals surface area contributed by atoms with E-state index in [1.165, 1.54) is 5.56 Å². The molecule has 0 aromatic heterocycles. The van der Waals surface area contributed by atoms with Gasteiger partial charge in [-0.25, -0.2) is 12.2 Å². The summed E-state index contributed by atoms with van der Waals surface area (Å²) in [5.74, 6) is 1.69. The van der Waals surface area contributed by atoms with Gasteiger partial charge in [-0.1, -0.05) is 45.4 Å². The Morgan fingerprint density at radius 1 is 1.00 bits per heavy atom. The second kappa shape index (κ2) is 15.1. The summed E-state index contributed by atoms with van der Waals surface area (Å²) in [6.45, 7) is 10.8. The third-order valence-corrected chi connectivity index (χ3v) is 3.25. The number of aromatic hydroxyl groups is 1. The molecule has 1 aromatic carbocycles. The molecule has 4 heteroatoms. The first-order chi connectivity index (χ1) is 9.90. The van der Waals surface area contributed by atoms with Crippen LogP contribution in [0.15, 0.2) is 30.4 Å². The molecule has 0 saturated heterocycles. The van der Waals surface area contributed by atoms with Gasteiger partial charge in [0.05, 0.1) is 0 Å². The van der Waals surface area contributed by atoms with Crippen LogP contribution in [0.4, 0.5) is 0 Å². The van der Waals surface area contributed by atoms with Crippen LogP contribution in [-0.2, 0) is 34.6 Å². The minimum Gasteiger partial charge on any atom is -1.00 e. The average Bonchev–Trinajstić information content (AvgIpc) is 2.92. The molecule has 0 fully saturated rings. The van der Waals surface area contributed by atoms with E-state index in [-0.39, 0.29) is 46.5 Å². The Hall–Kier alpha value is -0.206. The van der Waals surface area contributed by atoms with Crippen molar-refractivity contribution in [2.24, 2.45) is 11.8 Å². The Kier molecular flexibility index (Phi) is 18.0. The molecular formula is C20H29Cl2OTi. The molecule has 1 aliphatic carbocycles. The van der Waals surface area contributed by atoms with E-state index in [4.69, 9.17) is 0 Å². The molecule has 133 valence electrons. The molecule has 1 aromatic rings. The summed E-state index contributed by atoms with van der Waals surface area (Å²) >= 11 is 0. The van der Waals surface area contributed by atoms with Crippen molar-refractivity contribution in [1.82, 2.24) is 0 Å². The predicted octanol–water partition coefficient (Wildman–Crippen LogP) is -0.591. The van der Waals surface area contributed by atoms with E-state index >= 15 is 0 Å². The number of phenolic OH excluding ortho intramolecular Hbond substituents is 1. The van der Waals surface area contributed by atoms with Crippen LogP contribution in [0.5, 0.6) is 5.75 Å². The van der Waals surface area contributed by atoms with Gasteiger partial charge < -0.3 is 29.9 Å². The Balaban J connectivity index is -0.000000475. The zero-order chi connectivity index (χ0) is 15.8. The fourth-order valence-corrected chi connectivity index (χ4v) is 2.47. The Labute approximate surface area is 175 Å². The zero-order valence-corrected chi connectivity index (χ0v) is 18.4. The number of hydrogen-bond acceptors (Lipinski definition) is 1. The molecule has 0 bridgehead atoms. The first kappa shape index (κ1) is 28.6. The van der Waals surface area contributed by atoms with E-state index in [1.54, 1.807) is 0 Å². The Bertz CT molecular complexity index is 467. The summed E-state index contributed by atoms with van der Waals surface area (Å²) in [4.78, 5) is 0. The van der Waals surface area contributed by atoms with Gasteiger partial charge in [-0.15, -0.1) is 6.42 Å². The van der Waals surface area contributed by atoms with Gasteiger partial charge in [0.15, 0.2) is 0 Å². The minimum atomic E-state index is 0. The average molecular weight is 404 g/mol. The van der Waals surface area contributed by atoms with Crippen LogP contribution in [0.2, 0.25) is 0 Å². The summed E-state index contributed by atoms with van der Waals surface area (Å²) in [5, 5.41) is 10.2. The van der Waals surface area contributed by atoms with Crippen molar-refractivity contribution in [3.8, 4) is 5.75 Å². The number of halogens is 2. The maximum Gasteiger partial charge on any atom is 3.00 e. The molecule has 24 heavy (non-hydrogen) atoms. The number of hydrogen-bond donors (Lipinski definition) is 1. The molecule has 0 unspecified atom stereocenters. The number of aryl methyl sites for hydroxylation is 1. The Morgan fingerprint density at radius 3 is 1.71 bits per heavy atom. The van der Waals surface area contributed by atoms with Crippen molar-refractivity contribution in [2.75, 3.05) is 0 Å². The van der Waals surface area contributed by atoms with E-state index in [9.17, 15) is 5.11 Å². The molecule has 0 atom stereocenters. The van der Waals surface area contributed by atoms with Crippen LogP contribution in [-0.4, -0.2) is 5.11 Å². The van der Waals surface area contributed by atoms with Crippen LogP contribution >= 0.6 is 0 Å². The third-order valence-electron chi connectivity index (χ3n) is 3.25. The van der Waals surface area contributed by atoms with Gasteiger partial charge in [-0.3, -0.25) is 6.08 Å². The standard InChI is InChI=1S/C15H24O.C5H5.2ClH.Ti/c1-10(2)6-13-8-12(5)9-14(15(13)16)7-11(3)4;1-2-4-5-3-1;;;/h8-11,16H,6-7H2,1-5H3;1-3H,4H2;2*1H;/q;-1;;;+3/p-2. The third kappa shape index (κ3) is 11.4. The van der Waals surface area contributed by atoms with Crippen LogP contribution in [0.1, 0.15) is 50.8 Å². The van der Waals surface area contributed by atoms with E-state index in [2.05, 4.69) is 58.9 Å². The summed E-state index contributed by atoms with van der Waals surface area (Å²) in [6.07, 6.45) is 11.9. The summed E-state index contributed by atoms with van der Waals surface area (Å²) in [5.41, 5.74) is 3.46. The van der Waals surface area contributed by atoms with Crippen LogP contribution in [0.25, 0.3) is 0 Å². The van der Waals surface area contributed by atoms with Gasteiger partial charge in [-0.05, 0) is 42.7 Å². The van der Waals surface area contributed by atoms with E-state index < -0.39 is 0 Å². The van der Waals surface area contributed by atoms with Crippen molar-refractivity contribution in [3.63, 3.8) is 0 Å². The van der Waals surface area contributed by atoms with Gasteiger partial charge in [-0.2, -0.15) is 6.08 Å². The molecular weight excluding hydrogens is 375 g/mol. The quantitative estimate of drug-likeness (QED) is 0.526. The van der Waals surface area contributed by atoms with E-state index in [0.29, 0.717) is 17.6 Å². The van der Waals surface area contributed by atoms with Gasteiger partial charge >= 0.3 is 21.7 Å². The normalized spacial score (nSPS) is 11.3. The van der Waals surface area contributed by atoms with E-state index in [0.717, 1.165) is 30.4 Å². The number of allylic oxidation sites excluding steroid dienone is 4. The van der Waals surface area contributed by atoms with Crippen molar-refractivity contribution < 1.29 is 51.6 Å². The molecule has 1 nitrogen and oxygen atoms in total. The molecule has 1 N–H and O–H groups in total. The largest absolute Gasteiger partial charge is 3.00 e. The van der Waals surface area contributed by atoms with Crippen molar-refractivity contribution >= 4 is 0 Å². The molecule has 0 heterocycles. The molecule has 1 aliphatic rings. The fraction of sp³-hybridized carbons (Fsp3) is 0.500. The fourth-order valence-electron chi connectivity index (χ4n) is 2.47.